The van der Waals surface area contributed by atoms with Crippen LogP contribution in [0.5, 0.6) is 0 Å². The second-order valence-electron chi connectivity index (χ2n) is 4.94. The molecule has 2 fully saturated rings. The fraction of sp³-hybridized carbons (Fsp3) is 0.900. The monoisotopic (exact) mass is 183 g/mol. The molecule has 0 atom stereocenters. The molecule has 1 N–H and O–H groups in total. The van der Waals surface area contributed by atoms with Crippen molar-refractivity contribution in [2.24, 2.45) is 11.3 Å². The number of rotatable bonds is 2. The first kappa shape index (κ1) is 9.00. The molecular weight excluding hydrogens is 166 g/mol. The van der Waals surface area contributed by atoms with Crippen LogP contribution in [-0.2, 0) is 4.79 Å². The maximum absolute atomic E-state index is 10.6. The van der Waals surface area contributed by atoms with Gasteiger partial charge in [-0.05, 0) is 32.1 Å². The summed E-state index contributed by atoms with van der Waals surface area (Å²) in [5.41, 5.74) is 0.396. The number of aliphatic carboxylic acids is 1. The van der Waals surface area contributed by atoms with Crippen molar-refractivity contribution >= 4 is 5.97 Å². The summed E-state index contributed by atoms with van der Waals surface area (Å²) in [6.07, 6.45) is 1.82. The van der Waals surface area contributed by atoms with Crippen molar-refractivity contribution in [2.45, 2.75) is 32.7 Å². The van der Waals surface area contributed by atoms with Crippen LogP contribution in [-0.4, -0.2) is 35.1 Å². The maximum Gasteiger partial charge on any atom is 0.306 e. The SMILES string of the molecule is CC(C)N1CC2(CC(C(=O)O)C2)C1. The van der Waals surface area contributed by atoms with Crippen LogP contribution in [0.3, 0.4) is 0 Å². The third kappa shape index (κ3) is 1.35. The molecule has 0 aromatic rings. The molecule has 13 heavy (non-hydrogen) atoms. The lowest BCUT2D eigenvalue weighted by Crippen LogP contribution is -2.64. The molecule has 1 saturated heterocycles. The first-order valence-corrected chi connectivity index (χ1v) is 4.99. The van der Waals surface area contributed by atoms with E-state index in [4.69, 9.17) is 5.11 Å². The Hall–Kier alpha value is -0.570. The van der Waals surface area contributed by atoms with E-state index in [2.05, 4.69) is 18.7 Å². The third-order valence-electron chi connectivity index (χ3n) is 3.52. The van der Waals surface area contributed by atoms with Crippen LogP contribution in [0.25, 0.3) is 0 Å². The molecule has 1 heterocycles. The smallest absolute Gasteiger partial charge is 0.306 e. The minimum absolute atomic E-state index is 0.0469. The van der Waals surface area contributed by atoms with E-state index in [0.29, 0.717) is 11.5 Å². The van der Waals surface area contributed by atoms with E-state index in [0.717, 1.165) is 25.9 Å². The number of carboxylic acids is 1. The van der Waals surface area contributed by atoms with Gasteiger partial charge in [-0.1, -0.05) is 0 Å². The molecule has 1 spiro atoms. The highest BCUT2D eigenvalue weighted by atomic mass is 16.4. The van der Waals surface area contributed by atoms with Gasteiger partial charge in [0.2, 0.25) is 0 Å². The number of carboxylic acid groups (broad SMARTS) is 1. The lowest BCUT2D eigenvalue weighted by atomic mass is 9.57. The van der Waals surface area contributed by atoms with Crippen LogP contribution in [0.4, 0.5) is 0 Å². The van der Waals surface area contributed by atoms with Crippen LogP contribution in [0, 0.1) is 11.3 Å². The van der Waals surface area contributed by atoms with Gasteiger partial charge in [0.1, 0.15) is 0 Å². The van der Waals surface area contributed by atoms with Crippen molar-refractivity contribution in [2.75, 3.05) is 13.1 Å². The lowest BCUT2D eigenvalue weighted by molar-refractivity contribution is -0.162. The molecule has 1 saturated carbocycles. The van der Waals surface area contributed by atoms with Gasteiger partial charge < -0.3 is 5.11 Å². The first-order valence-electron chi connectivity index (χ1n) is 4.99. The zero-order valence-electron chi connectivity index (χ0n) is 8.29. The minimum Gasteiger partial charge on any atom is -0.481 e. The average molecular weight is 183 g/mol. The predicted molar refractivity (Wildman–Crippen MR) is 49.5 cm³/mol. The standard InChI is InChI=1S/C10H17NO2/c1-7(2)11-5-10(6-11)3-8(4-10)9(12)13/h7-8H,3-6H2,1-2H3,(H,12,13). The molecule has 0 aromatic heterocycles. The zero-order valence-corrected chi connectivity index (χ0v) is 8.29. The normalized spacial score (nSPS) is 27.3. The zero-order chi connectivity index (χ0) is 9.64. The number of likely N-dealkylation sites (tertiary alicyclic amines) is 1. The van der Waals surface area contributed by atoms with Gasteiger partial charge in [0.25, 0.3) is 0 Å². The van der Waals surface area contributed by atoms with Gasteiger partial charge in [-0.2, -0.15) is 0 Å². The number of carbonyl (C=O) groups is 1. The van der Waals surface area contributed by atoms with Crippen molar-refractivity contribution < 1.29 is 9.90 Å². The number of hydrogen-bond acceptors (Lipinski definition) is 2. The van der Waals surface area contributed by atoms with Crippen LogP contribution in [0.2, 0.25) is 0 Å². The van der Waals surface area contributed by atoms with E-state index in [1.807, 2.05) is 0 Å². The fourth-order valence-electron chi connectivity index (χ4n) is 2.60. The fourth-order valence-corrected chi connectivity index (χ4v) is 2.60. The summed E-state index contributed by atoms with van der Waals surface area (Å²) in [5.74, 6) is -0.650. The molecule has 2 rings (SSSR count). The quantitative estimate of drug-likeness (QED) is 0.699. The Morgan fingerprint density at radius 1 is 1.46 bits per heavy atom. The van der Waals surface area contributed by atoms with Gasteiger partial charge in [-0.25, -0.2) is 0 Å². The van der Waals surface area contributed by atoms with E-state index in [1.54, 1.807) is 0 Å². The van der Waals surface area contributed by atoms with E-state index in [1.165, 1.54) is 0 Å². The molecule has 0 radical (unpaired) electrons. The van der Waals surface area contributed by atoms with Gasteiger partial charge in [-0.15, -0.1) is 0 Å². The second kappa shape index (κ2) is 2.71. The average Bonchev–Trinajstić information content (AvgIpc) is 1.78. The van der Waals surface area contributed by atoms with Crippen LogP contribution in [0.15, 0.2) is 0 Å². The van der Waals surface area contributed by atoms with Crippen molar-refractivity contribution in [3.8, 4) is 0 Å². The lowest BCUT2D eigenvalue weighted by Gasteiger charge is -2.59. The molecule has 0 aromatic carbocycles. The molecule has 3 heteroatoms. The highest BCUT2D eigenvalue weighted by molar-refractivity contribution is 5.71. The largest absolute Gasteiger partial charge is 0.481 e. The van der Waals surface area contributed by atoms with Gasteiger partial charge in [0.15, 0.2) is 0 Å². The Morgan fingerprint density at radius 2 is 2.00 bits per heavy atom. The second-order valence-corrected chi connectivity index (χ2v) is 4.94. The maximum atomic E-state index is 10.6. The van der Waals surface area contributed by atoms with Gasteiger partial charge in [0, 0.05) is 19.1 Å². The Kier molecular flexibility index (Phi) is 1.88. The summed E-state index contributed by atoms with van der Waals surface area (Å²) in [6.45, 7) is 6.63. The third-order valence-corrected chi connectivity index (χ3v) is 3.52. The Morgan fingerprint density at radius 3 is 2.38 bits per heavy atom. The molecule has 0 bridgehead atoms. The predicted octanol–water partition coefficient (Wildman–Crippen LogP) is 1.19. The van der Waals surface area contributed by atoms with Crippen molar-refractivity contribution in [3.05, 3.63) is 0 Å². The molecule has 0 unspecified atom stereocenters. The van der Waals surface area contributed by atoms with Gasteiger partial charge in [-0.3, -0.25) is 9.69 Å². The summed E-state index contributed by atoms with van der Waals surface area (Å²) >= 11 is 0. The molecule has 3 nitrogen and oxygen atoms in total. The van der Waals surface area contributed by atoms with Crippen LogP contribution < -0.4 is 0 Å². The highest BCUT2D eigenvalue weighted by Gasteiger charge is 2.54. The van der Waals surface area contributed by atoms with Crippen molar-refractivity contribution in [1.82, 2.24) is 4.90 Å². The van der Waals surface area contributed by atoms with Gasteiger partial charge >= 0.3 is 5.97 Å². The summed E-state index contributed by atoms with van der Waals surface area (Å²) in [5, 5.41) is 8.75. The van der Waals surface area contributed by atoms with E-state index in [9.17, 15) is 4.79 Å². The molecule has 2 aliphatic rings. The first-order chi connectivity index (χ1) is 6.02. The van der Waals surface area contributed by atoms with Crippen molar-refractivity contribution in [3.63, 3.8) is 0 Å². The minimum atomic E-state index is -0.603. The summed E-state index contributed by atoms with van der Waals surface area (Å²) < 4.78 is 0. The number of hydrogen-bond donors (Lipinski definition) is 1. The molecule has 74 valence electrons. The van der Waals surface area contributed by atoms with E-state index >= 15 is 0 Å². The van der Waals surface area contributed by atoms with Crippen molar-refractivity contribution in [1.29, 1.82) is 0 Å². The molecule has 1 aliphatic heterocycles. The van der Waals surface area contributed by atoms with Gasteiger partial charge in [0.05, 0.1) is 5.92 Å². The van der Waals surface area contributed by atoms with E-state index in [-0.39, 0.29) is 5.92 Å². The topological polar surface area (TPSA) is 40.5 Å². The Labute approximate surface area is 78.7 Å². The summed E-state index contributed by atoms with van der Waals surface area (Å²) in [4.78, 5) is 13.0. The molecule has 1 aliphatic carbocycles. The number of nitrogens with zero attached hydrogens (tertiary/aromatic N) is 1. The Bertz CT molecular complexity index is 223. The molecular formula is C10H17NO2. The summed E-state index contributed by atoms with van der Waals surface area (Å²) in [6, 6.07) is 0.620. The van der Waals surface area contributed by atoms with Crippen LogP contribution >= 0.6 is 0 Å². The summed E-state index contributed by atoms with van der Waals surface area (Å²) in [7, 11) is 0. The van der Waals surface area contributed by atoms with E-state index < -0.39 is 5.97 Å². The van der Waals surface area contributed by atoms with Crippen LogP contribution in [0.1, 0.15) is 26.7 Å². The highest BCUT2D eigenvalue weighted by Crippen LogP contribution is 2.52. The Balaban J connectivity index is 1.79. The molecule has 0 amide bonds.